The largest absolute Gasteiger partial charge is 0.507 e. The van der Waals surface area contributed by atoms with Crippen LogP contribution in [0.25, 0.3) is 6.08 Å². The molecule has 0 saturated carbocycles. The molecule has 5 rings (SSSR count). The molecule has 0 spiro atoms. The Balaban J connectivity index is 1.42. The first-order chi connectivity index (χ1) is 24.6. The van der Waals surface area contributed by atoms with Crippen molar-refractivity contribution in [3.63, 3.8) is 0 Å². The van der Waals surface area contributed by atoms with Gasteiger partial charge in [0.25, 0.3) is 11.8 Å². The number of hydrogen-bond donors (Lipinski definition) is 5. The van der Waals surface area contributed by atoms with Crippen LogP contribution in [0.4, 0.5) is 11.4 Å². The lowest BCUT2D eigenvalue weighted by Crippen LogP contribution is -2.30. The Kier molecular flexibility index (Phi) is 11.7. The van der Waals surface area contributed by atoms with Gasteiger partial charge in [-0.1, -0.05) is 54.6 Å². The Morgan fingerprint density at radius 1 is 0.745 bits per heavy atom. The Morgan fingerprint density at radius 3 is 2.14 bits per heavy atom. The first-order valence-corrected chi connectivity index (χ1v) is 16.3. The van der Waals surface area contributed by atoms with Crippen LogP contribution in [-0.2, 0) is 9.59 Å². The van der Waals surface area contributed by atoms with E-state index in [1.807, 2.05) is 6.07 Å². The number of thioether (sulfide) groups is 1. The van der Waals surface area contributed by atoms with E-state index in [0.29, 0.717) is 38.8 Å². The van der Waals surface area contributed by atoms with Gasteiger partial charge in [0.05, 0.1) is 14.2 Å². The van der Waals surface area contributed by atoms with Gasteiger partial charge >= 0.3 is 5.97 Å². The Bertz CT molecular complexity index is 2090. The lowest BCUT2D eigenvalue weighted by Gasteiger charge is -2.18. The van der Waals surface area contributed by atoms with Crippen LogP contribution in [0.5, 0.6) is 17.2 Å². The summed E-state index contributed by atoms with van der Waals surface area (Å²) in [6.07, 6.45) is 1.49. The predicted molar refractivity (Wildman–Crippen MR) is 195 cm³/mol. The smallest absolute Gasteiger partial charge is 0.339 e. The van der Waals surface area contributed by atoms with Crippen LogP contribution in [0.2, 0.25) is 0 Å². The predicted octanol–water partition coefficient (Wildman–Crippen LogP) is 6.99. The third-order valence-electron chi connectivity index (χ3n) is 7.45. The minimum absolute atomic E-state index is 0.0652. The Hall–Kier alpha value is -6.53. The molecule has 0 aliphatic heterocycles. The van der Waals surface area contributed by atoms with Gasteiger partial charge < -0.3 is 35.6 Å². The molecule has 0 aliphatic rings. The summed E-state index contributed by atoms with van der Waals surface area (Å²) in [6, 6.07) is 33.2. The van der Waals surface area contributed by atoms with E-state index < -0.39 is 34.7 Å². The van der Waals surface area contributed by atoms with Crippen molar-refractivity contribution in [2.24, 2.45) is 0 Å². The van der Waals surface area contributed by atoms with Gasteiger partial charge in [-0.3, -0.25) is 14.4 Å². The number of ether oxygens (including phenoxy) is 2. The lowest BCUT2D eigenvalue weighted by molar-refractivity contribution is -0.116. The van der Waals surface area contributed by atoms with Crippen LogP contribution in [-0.4, -0.2) is 48.1 Å². The maximum atomic E-state index is 13.8. The molecular weight excluding hydrogens is 671 g/mol. The van der Waals surface area contributed by atoms with Crippen molar-refractivity contribution >= 4 is 52.9 Å². The molecule has 51 heavy (non-hydrogen) atoms. The highest BCUT2D eigenvalue weighted by atomic mass is 32.2. The second kappa shape index (κ2) is 16.7. The van der Waals surface area contributed by atoms with E-state index >= 15 is 0 Å². The van der Waals surface area contributed by atoms with Crippen molar-refractivity contribution < 1.29 is 38.9 Å². The average Bonchev–Trinajstić information content (AvgIpc) is 3.14. The summed E-state index contributed by atoms with van der Waals surface area (Å²) in [7, 11) is 3.01. The zero-order valence-electron chi connectivity index (χ0n) is 27.5. The number of anilines is 2. The topological polar surface area (TPSA) is 163 Å². The molecule has 5 N–H and O–H groups in total. The fourth-order valence-electron chi connectivity index (χ4n) is 4.93. The highest BCUT2D eigenvalue weighted by Crippen LogP contribution is 2.37. The molecule has 0 aromatic heterocycles. The fraction of sp³-hybridized carbons (Fsp3) is 0.0769. The van der Waals surface area contributed by atoms with Gasteiger partial charge in [-0.15, -0.1) is 11.8 Å². The molecule has 0 radical (unpaired) electrons. The highest BCUT2D eigenvalue weighted by Gasteiger charge is 2.24. The van der Waals surface area contributed by atoms with Gasteiger partial charge in [-0.25, -0.2) is 4.79 Å². The van der Waals surface area contributed by atoms with Crippen molar-refractivity contribution in [3.05, 3.63) is 149 Å². The molecular formula is C39H33N3O8S. The third-order valence-corrected chi connectivity index (χ3v) is 8.69. The van der Waals surface area contributed by atoms with Crippen molar-refractivity contribution in [1.29, 1.82) is 0 Å². The maximum Gasteiger partial charge on any atom is 0.339 e. The molecule has 5 aromatic carbocycles. The summed E-state index contributed by atoms with van der Waals surface area (Å²) in [6.45, 7) is 0. The summed E-state index contributed by atoms with van der Waals surface area (Å²) in [4.78, 5) is 52.8. The number of carbonyl (C=O) groups is 4. The fourth-order valence-corrected chi connectivity index (χ4v) is 6.01. The van der Waals surface area contributed by atoms with E-state index in [1.165, 1.54) is 50.3 Å². The first-order valence-electron chi connectivity index (χ1n) is 15.5. The number of phenols is 1. The zero-order valence-corrected chi connectivity index (χ0v) is 28.3. The number of hydrogen-bond acceptors (Lipinski definition) is 8. The summed E-state index contributed by atoms with van der Waals surface area (Å²) in [5.74, 6) is -2.35. The molecule has 0 bridgehead atoms. The molecule has 258 valence electrons. The van der Waals surface area contributed by atoms with E-state index in [0.717, 1.165) is 0 Å². The number of amides is 3. The standard InChI is InChI=1S/C39H33N3O8S/c1-49-29-17-19-34(50-2)26(20-29)21-32(42-36(44)25-12-7-4-8-13-25)37(45)40-27-14-9-15-30(22-27)51-35(24-10-5-3-6-11-24)38(46)41-28-16-18-33(43)31(23-28)39(47)48/h3-23,35,43H,1-2H3,(H,40,45)(H,41,46)(H,42,44)(H,47,48)/b32-21+. The van der Waals surface area contributed by atoms with Gasteiger partial charge in [-0.2, -0.15) is 0 Å². The molecule has 0 saturated heterocycles. The number of rotatable bonds is 13. The average molecular weight is 704 g/mol. The van der Waals surface area contributed by atoms with Crippen molar-refractivity contribution in [1.82, 2.24) is 5.32 Å². The van der Waals surface area contributed by atoms with Crippen LogP contribution >= 0.6 is 11.8 Å². The Morgan fingerprint density at radius 2 is 1.45 bits per heavy atom. The number of benzene rings is 5. The summed E-state index contributed by atoms with van der Waals surface area (Å²) in [5, 5.41) is 26.8. The Labute approximate surface area is 297 Å². The van der Waals surface area contributed by atoms with Gasteiger partial charge in [-0.05, 0) is 78.4 Å². The van der Waals surface area contributed by atoms with Crippen LogP contribution in [0.1, 0.15) is 37.1 Å². The molecule has 0 fully saturated rings. The van der Waals surface area contributed by atoms with Crippen molar-refractivity contribution in [3.8, 4) is 17.2 Å². The molecule has 3 amide bonds. The second-order valence-electron chi connectivity index (χ2n) is 10.9. The SMILES string of the molecule is COc1ccc(OC)c(/C=C(/NC(=O)c2ccccc2)C(=O)Nc2cccc(SC(C(=O)Nc3ccc(O)c(C(=O)O)c3)c3ccccc3)c2)c1. The molecule has 0 heterocycles. The molecule has 12 heteroatoms. The number of carboxylic acid groups (broad SMARTS) is 1. The lowest BCUT2D eigenvalue weighted by atomic mass is 10.1. The van der Waals surface area contributed by atoms with E-state index in [9.17, 15) is 29.4 Å². The quantitative estimate of drug-likeness (QED) is 0.0494. The van der Waals surface area contributed by atoms with Crippen LogP contribution < -0.4 is 25.4 Å². The number of nitrogens with one attached hydrogen (secondary N) is 3. The molecule has 0 aliphatic carbocycles. The number of carboxylic acids is 1. The second-order valence-corrected chi connectivity index (χ2v) is 12.1. The zero-order chi connectivity index (χ0) is 36.3. The van der Waals surface area contributed by atoms with Crippen LogP contribution in [0.15, 0.2) is 132 Å². The normalized spacial score (nSPS) is 11.5. The molecule has 11 nitrogen and oxygen atoms in total. The maximum absolute atomic E-state index is 13.8. The van der Waals surface area contributed by atoms with Gasteiger partial charge in [0, 0.05) is 27.4 Å². The molecule has 1 atom stereocenters. The number of carbonyl (C=O) groups excluding carboxylic acids is 3. The third kappa shape index (κ3) is 9.34. The number of aromatic carboxylic acids is 1. The van der Waals surface area contributed by atoms with Gasteiger partial charge in [0.2, 0.25) is 5.91 Å². The van der Waals surface area contributed by atoms with E-state index in [1.54, 1.807) is 97.1 Å². The van der Waals surface area contributed by atoms with Crippen LogP contribution in [0.3, 0.4) is 0 Å². The van der Waals surface area contributed by atoms with Gasteiger partial charge in [0.1, 0.15) is 33.8 Å². The summed E-state index contributed by atoms with van der Waals surface area (Å²) < 4.78 is 10.8. The summed E-state index contributed by atoms with van der Waals surface area (Å²) in [5.41, 5.74) is 1.68. The minimum atomic E-state index is -1.34. The number of methoxy groups -OCH3 is 2. The summed E-state index contributed by atoms with van der Waals surface area (Å²) >= 11 is 1.21. The van der Waals surface area contributed by atoms with Crippen molar-refractivity contribution in [2.75, 3.05) is 24.9 Å². The minimum Gasteiger partial charge on any atom is -0.507 e. The van der Waals surface area contributed by atoms with Crippen molar-refractivity contribution in [2.45, 2.75) is 10.1 Å². The van der Waals surface area contributed by atoms with E-state index in [2.05, 4.69) is 16.0 Å². The molecule has 1 unspecified atom stereocenters. The highest BCUT2D eigenvalue weighted by molar-refractivity contribution is 8.00. The van der Waals surface area contributed by atoms with Gasteiger partial charge in [0.15, 0.2) is 0 Å². The van der Waals surface area contributed by atoms with E-state index in [-0.39, 0.29) is 16.9 Å². The molecule has 5 aromatic rings. The monoisotopic (exact) mass is 703 g/mol. The van der Waals surface area contributed by atoms with Crippen LogP contribution in [0, 0.1) is 0 Å². The number of aromatic hydroxyl groups is 1. The van der Waals surface area contributed by atoms with E-state index in [4.69, 9.17) is 9.47 Å². The first kappa shape index (κ1) is 35.8.